The van der Waals surface area contributed by atoms with Gasteiger partial charge >= 0.3 is 0 Å². The molecular formula is C17H16BrNO. The van der Waals surface area contributed by atoms with Crippen molar-refractivity contribution in [3.63, 3.8) is 0 Å². The zero-order valence-corrected chi connectivity index (χ0v) is 12.9. The van der Waals surface area contributed by atoms with Gasteiger partial charge in [0.25, 0.3) is 0 Å². The molecule has 0 saturated carbocycles. The topological polar surface area (TPSA) is 29.1 Å². The molecule has 0 aliphatic heterocycles. The maximum absolute atomic E-state index is 11.9. The third-order valence-corrected chi connectivity index (χ3v) is 3.50. The van der Waals surface area contributed by atoms with E-state index in [1.165, 1.54) is 11.6 Å². The van der Waals surface area contributed by atoms with Crippen LogP contribution in [0.25, 0.3) is 0 Å². The van der Waals surface area contributed by atoms with Crippen LogP contribution in [-0.2, 0) is 6.42 Å². The van der Waals surface area contributed by atoms with E-state index in [9.17, 15) is 4.79 Å². The number of aryl methyl sites for hydroxylation is 1. The van der Waals surface area contributed by atoms with E-state index in [-0.39, 0.29) is 5.78 Å². The fraction of sp³-hybridized carbons (Fsp3) is 0.118. The van der Waals surface area contributed by atoms with Crippen LogP contribution < -0.4 is 5.32 Å². The molecular weight excluding hydrogens is 314 g/mol. The lowest BCUT2D eigenvalue weighted by atomic mass is 10.1. The summed E-state index contributed by atoms with van der Waals surface area (Å²) in [7, 11) is 0. The molecule has 0 fully saturated rings. The lowest BCUT2D eigenvalue weighted by Gasteiger charge is -2.02. The van der Waals surface area contributed by atoms with E-state index in [1.807, 2.05) is 24.3 Å². The maximum atomic E-state index is 11.9. The zero-order chi connectivity index (χ0) is 14.4. The Kier molecular flexibility index (Phi) is 5.13. The molecule has 0 atom stereocenters. The molecule has 2 rings (SSSR count). The van der Waals surface area contributed by atoms with Crippen molar-refractivity contribution in [3.8, 4) is 0 Å². The fourth-order valence-electron chi connectivity index (χ4n) is 1.76. The van der Waals surface area contributed by atoms with Crippen LogP contribution in [0.3, 0.4) is 0 Å². The highest BCUT2D eigenvalue weighted by atomic mass is 79.9. The second kappa shape index (κ2) is 7.06. The first-order chi connectivity index (χ1) is 9.69. The Morgan fingerprint density at radius 1 is 1.10 bits per heavy atom. The molecule has 20 heavy (non-hydrogen) atoms. The van der Waals surface area contributed by atoms with Crippen molar-refractivity contribution in [1.29, 1.82) is 0 Å². The number of allylic oxidation sites excluding steroid dienone is 1. The predicted octanol–water partition coefficient (Wildman–Crippen LogP) is 4.82. The van der Waals surface area contributed by atoms with E-state index in [4.69, 9.17) is 0 Å². The summed E-state index contributed by atoms with van der Waals surface area (Å²) in [5.74, 6) is -0.0184. The van der Waals surface area contributed by atoms with Gasteiger partial charge in [-0.2, -0.15) is 0 Å². The maximum Gasteiger partial charge on any atom is 0.187 e. The van der Waals surface area contributed by atoms with E-state index in [0.29, 0.717) is 5.56 Å². The highest BCUT2D eigenvalue weighted by Gasteiger charge is 2.00. The monoisotopic (exact) mass is 329 g/mol. The summed E-state index contributed by atoms with van der Waals surface area (Å²) < 4.78 is 0.965. The van der Waals surface area contributed by atoms with E-state index in [1.54, 1.807) is 18.3 Å². The van der Waals surface area contributed by atoms with Crippen LogP contribution in [0.1, 0.15) is 22.8 Å². The van der Waals surface area contributed by atoms with Crippen molar-refractivity contribution < 1.29 is 4.79 Å². The fourth-order valence-corrected chi connectivity index (χ4v) is 2.02. The van der Waals surface area contributed by atoms with Gasteiger partial charge in [-0.15, -0.1) is 0 Å². The standard InChI is InChI=1S/C17H16BrNO/c1-2-13-3-9-16(10-4-13)19-12-11-17(20)14-5-7-15(18)8-6-14/h3-12,19H,2H2,1H3/b12-11+. The lowest BCUT2D eigenvalue weighted by Crippen LogP contribution is -1.96. The molecule has 0 aliphatic carbocycles. The van der Waals surface area contributed by atoms with Crippen LogP contribution in [0.15, 0.2) is 65.3 Å². The first-order valence-corrected chi connectivity index (χ1v) is 7.30. The molecule has 0 amide bonds. The molecule has 0 saturated heterocycles. The Labute approximate surface area is 127 Å². The number of benzene rings is 2. The molecule has 1 N–H and O–H groups in total. The Hall–Kier alpha value is -1.87. The highest BCUT2D eigenvalue weighted by molar-refractivity contribution is 9.10. The van der Waals surface area contributed by atoms with Gasteiger partial charge in [0.05, 0.1) is 0 Å². The Bertz CT molecular complexity index is 600. The number of nitrogens with one attached hydrogen (secondary N) is 1. The summed E-state index contributed by atoms with van der Waals surface area (Å²) in [6.45, 7) is 2.12. The molecule has 0 unspecified atom stereocenters. The van der Waals surface area contributed by atoms with Crippen LogP contribution in [0.4, 0.5) is 5.69 Å². The molecule has 2 nitrogen and oxygen atoms in total. The minimum Gasteiger partial charge on any atom is -0.362 e. The minimum absolute atomic E-state index is 0.0184. The molecule has 2 aromatic carbocycles. The molecule has 0 radical (unpaired) electrons. The van der Waals surface area contributed by atoms with Crippen LogP contribution in [0.5, 0.6) is 0 Å². The number of halogens is 1. The third-order valence-electron chi connectivity index (χ3n) is 2.98. The van der Waals surface area contributed by atoms with Gasteiger partial charge in [-0.05, 0) is 48.4 Å². The van der Waals surface area contributed by atoms with Gasteiger partial charge in [-0.1, -0.05) is 35.0 Å². The van der Waals surface area contributed by atoms with Crippen molar-refractivity contribution in [1.82, 2.24) is 0 Å². The summed E-state index contributed by atoms with van der Waals surface area (Å²) in [6.07, 6.45) is 4.24. The van der Waals surface area contributed by atoms with Crippen LogP contribution in [0, 0.1) is 0 Å². The smallest absolute Gasteiger partial charge is 0.187 e. The summed E-state index contributed by atoms with van der Waals surface area (Å²) in [4.78, 5) is 11.9. The molecule has 0 aliphatic rings. The minimum atomic E-state index is -0.0184. The SMILES string of the molecule is CCc1ccc(N/C=C/C(=O)c2ccc(Br)cc2)cc1. The molecule has 2 aromatic rings. The molecule has 102 valence electrons. The number of carbonyl (C=O) groups excluding carboxylic acids is 1. The quantitative estimate of drug-likeness (QED) is 0.629. The predicted molar refractivity (Wildman–Crippen MR) is 87.1 cm³/mol. The van der Waals surface area contributed by atoms with Crippen molar-refractivity contribution in [2.45, 2.75) is 13.3 Å². The summed E-state index contributed by atoms with van der Waals surface area (Å²) >= 11 is 3.35. The van der Waals surface area contributed by atoms with Crippen LogP contribution >= 0.6 is 15.9 Å². The molecule has 0 spiro atoms. The molecule has 0 bridgehead atoms. The van der Waals surface area contributed by atoms with Gasteiger partial charge in [0.1, 0.15) is 0 Å². The van der Waals surface area contributed by atoms with E-state index in [2.05, 4.69) is 40.3 Å². The number of rotatable bonds is 5. The molecule has 3 heteroatoms. The second-order valence-electron chi connectivity index (χ2n) is 4.40. The van der Waals surface area contributed by atoms with Gasteiger partial charge in [0.15, 0.2) is 5.78 Å². The van der Waals surface area contributed by atoms with E-state index < -0.39 is 0 Å². The average molecular weight is 330 g/mol. The Balaban J connectivity index is 1.95. The van der Waals surface area contributed by atoms with Crippen molar-refractivity contribution in [2.24, 2.45) is 0 Å². The summed E-state index contributed by atoms with van der Waals surface area (Å²) in [6, 6.07) is 15.5. The lowest BCUT2D eigenvalue weighted by molar-refractivity contribution is 0.104. The Morgan fingerprint density at radius 2 is 1.75 bits per heavy atom. The van der Waals surface area contributed by atoms with Gasteiger partial charge in [0, 0.05) is 28.0 Å². The van der Waals surface area contributed by atoms with Crippen molar-refractivity contribution in [2.75, 3.05) is 5.32 Å². The Morgan fingerprint density at radius 3 is 2.35 bits per heavy atom. The number of ketones is 1. The third kappa shape index (κ3) is 4.07. The number of hydrogen-bond donors (Lipinski definition) is 1. The average Bonchev–Trinajstić information content (AvgIpc) is 2.48. The normalized spacial score (nSPS) is 10.7. The van der Waals surface area contributed by atoms with Crippen molar-refractivity contribution >= 4 is 27.4 Å². The number of hydrogen-bond acceptors (Lipinski definition) is 2. The largest absolute Gasteiger partial charge is 0.362 e. The first-order valence-electron chi connectivity index (χ1n) is 6.51. The summed E-state index contributed by atoms with van der Waals surface area (Å²) in [5, 5.41) is 3.10. The number of anilines is 1. The van der Waals surface area contributed by atoms with Gasteiger partial charge in [-0.3, -0.25) is 4.79 Å². The van der Waals surface area contributed by atoms with Gasteiger partial charge in [-0.25, -0.2) is 0 Å². The van der Waals surface area contributed by atoms with Crippen LogP contribution in [-0.4, -0.2) is 5.78 Å². The van der Waals surface area contributed by atoms with Crippen molar-refractivity contribution in [3.05, 3.63) is 76.4 Å². The molecule has 0 heterocycles. The number of carbonyl (C=O) groups is 1. The second-order valence-corrected chi connectivity index (χ2v) is 5.31. The zero-order valence-electron chi connectivity index (χ0n) is 11.3. The molecule has 0 aromatic heterocycles. The van der Waals surface area contributed by atoms with Crippen LogP contribution in [0.2, 0.25) is 0 Å². The van der Waals surface area contributed by atoms with Gasteiger partial charge < -0.3 is 5.32 Å². The van der Waals surface area contributed by atoms with E-state index in [0.717, 1.165) is 16.6 Å². The van der Waals surface area contributed by atoms with E-state index >= 15 is 0 Å². The first kappa shape index (κ1) is 14.5. The van der Waals surface area contributed by atoms with Gasteiger partial charge in [0.2, 0.25) is 0 Å². The highest BCUT2D eigenvalue weighted by Crippen LogP contribution is 2.12. The summed E-state index contributed by atoms with van der Waals surface area (Å²) in [5.41, 5.74) is 2.94.